The number of oxime groups is 1. The molecular formula is C15H16FN5O7S3. The number of aromatic nitrogens is 1. The molecule has 3 heterocycles. The Kier molecular flexibility index (Phi) is 6.51. The summed E-state index contributed by atoms with van der Waals surface area (Å²) in [6.45, 7) is 0. The predicted molar refractivity (Wildman–Crippen MR) is 110 cm³/mol. The van der Waals surface area contributed by atoms with Gasteiger partial charge >= 0.3 is 5.97 Å². The van der Waals surface area contributed by atoms with Gasteiger partial charge < -0.3 is 21.0 Å². The lowest BCUT2D eigenvalue weighted by molar-refractivity contribution is -0.150. The standard InChI is InChI=1S/C15H16FN5O7S3/c1-28-20-8(7-3-30-15(17)18-7)11(22)19-9-12(23)21-10(14(24)25)6(2-29-13(9)21)4-31(26,27)5-16/h3,9,13H,2,4-5H2,1H3,(H2,17,18)(H,19,22)(H,24,25)/b20-8-/t9?,13-/m1/s1. The van der Waals surface area contributed by atoms with Crippen LogP contribution in [0.1, 0.15) is 5.69 Å². The van der Waals surface area contributed by atoms with Crippen molar-refractivity contribution in [3.63, 3.8) is 0 Å². The fourth-order valence-electron chi connectivity index (χ4n) is 3.00. The topological polar surface area (TPSA) is 181 Å². The lowest BCUT2D eigenvalue weighted by Crippen LogP contribution is -2.71. The summed E-state index contributed by atoms with van der Waals surface area (Å²) < 4.78 is 35.9. The number of nitrogens with two attached hydrogens (primary N) is 1. The minimum absolute atomic E-state index is 0.0662. The third-order valence-corrected chi connectivity index (χ3v) is 7.39. The van der Waals surface area contributed by atoms with Crippen LogP contribution in [0.15, 0.2) is 21.8 Å². The van der Waals surface area contributed by atoms with Crippen LogP contribution in [0.3, 0.4) is 0 Å². The van der Waals surface area contributed by atoms with Crippen molar-refractivity contribution in [2.45, 2.75) is 11.4 Å². The van der Waals surface area contributed by atoms with Gasteiger partial charge in [0.1, 0.15) is 29.9 Å². The van der Waals surface area contributed by atoms with Crippen molar-refractivity contribution < 1.29 is 37.1 Å². The number of aliphatic carboxylic acids is 1. The van der Waals surface area contributed by atoms with Gasteiger partial charge in [-0.1, -0.05) is 5.16 Å². The van der Waals surface area contributed by atoms with Crippen LogP contribution in [0.2, 0.25) is 0 Å². The molecule has 4 N–H and O–H groups in total. The number of carboxylic acids is 1. The lowest BCUT2D eigenvalue weighted by Gasteiger charge is -2.49. The van der Waals surface area contributed by atoms with Crippen LogP contribution in [0.25, 0.3) is 0 Å². The summed E-state index contributed by atoms with van der Waals surface area (Å²) in [6, 6.07) is -2.74. The van der Waals surface area contributed by atoms with Crippen LogP contribution in [0.4, 0.5) is 9.52 Å². The van der Waals surface area contributed by atoms with Gasteiger partial charge in [0.2, 0.25) is 0 Å². The molecule has 0 bridgehead atoms. The first kappa shape index (κ1) is 23.0. The maximum atomic E-state index is 12.7. The molecule has 2 atom stereocenters. The Hall–Kier alpha value is -2.72. The molecule has 1 fully saturated rings. The molecule has 0 spiro atoms. The predicted octanol–water partition coefficient (Wildman–Crippen LogP) is -0.844. The van der Waals surface area contributed by atoms with Gasteiger partial charge in [0, 0.05) is 11.1 Å². The van der Waals surface area contributed by atoms with Crippen LogP contribution in [0.5, 0.6) is 0 Å². The Morgan fingerprint density at radius 2 is 2.23 bits per heavy atom. The second kappa shape index (κ2) is 8.80. The Bertz CT molecular complexity index is 1100. The maximum absolute atomic E-state index is 12.7. The van der Waals surface area contributed by atoms with Crippen LogP contribution in [-0.2, 0) is 29.1 Å². The number of hydrogen-bond donors (Lipinski definition) is 3. The van der Waals surface area contributed by atoms with E-state index >= 15 is 0 Å². The summed E-state index contributed by atoms with van der Waals surface area (Å²) in [7, 11) is -2.94. The van der Waals surface area contributed by atoms with Crippen LogP contribution < -0.4 is 11.1 Å². The zero-order valence-electron chi connectivity index (χ0n) is 15.8. The first-order chi connectivity index (χ1) is 14.6. The molecule has 1 aromatic rings. The second-order valence-electron chi connectivity index (χ2n) is 6.31. The summed E-state index contributed by atoms with van der Waals surface area (Å²) >= 11 is 2.12. The molecule has 0 saturated carbocycles. The fourth-order valence-corrected chi connectivity index (χ4v) is 5.87. The van der Waals surface area contributed by atoms with E-state index in [4.69, 9.17) is 5.73 Å². The van der Waals surface area contributed by atoms with E-state index in [1.807, 2.05) is 0 Å². The number of carbonyl (C=O) groups is 3. The van der Waals surface area contributed by atoms with E-state index in [9.17, 15) is 32.3 Å². The van der Waals surface area contributed by atoms with Crippen molar-refractivity contribution in [2.24, 2.45) is 5.16 Å². The molecule has 0 aromatic carbocycles. The first-order valence-corrected chi connectivity index (χ1v) is 12.1. The number of anilines is 1. The van der Waals surface area contributed by atoms with Gasteiger partial charge in [-0.25, -0.2) is 22.6 Å². The number of carboxylic acid groups (broad SMARTS) is 1. The largest absolute Gasteiger partial charge is 0.477 e. The number of halogens is 1. The molecular weight excluding hydrogens is 477 g/mol. The summed E-state index contributed by atoms with van der Waals surface area (Å²) in [6.07, 6.45) is 0. The highest BCUT2D eigenvalue weighted by Crippen LogP contribution is 2.40. The molecule has 2 aliphatic rings. The Morgan fingerprint density at radius 3 is 2.77 bits per heavy atom. The molecule has 12 nitrogen and oxygen atoms in total. The van der Waals surface area contributed by atoms with E-state index in [1.165, 1.54) is 12.5 Å². The first-order valence-electron chi connectivity index (χ1n) is 8.39. The lowest BCUT2D eigenvalue weighted by atomic mass is 10.0. The number of carbonyl (C=O) groups excluding carboxylic acids is 2. The number of alkyl halides is 1. The van der Waals surface area contributed by atoms with E-state index in [0.29, 0.717) is 0 Å². The highest BCUT2D eigenvalue weighted by Gasteiger charge is 2.54. The van der Waals surface area contributed by atoms with Gasteiger partial charge in [-0.15, -0.1) is 23.1 Å². The number of sulfone groups is 1. The number of thioether (sulfide) groups is 1. The van der Waals surface area contributed by atoms with E-state index in [1.54, 1.807) is 0 Å². The average molecular weight is 494 g/mol. The SMILES string of the molecule is CO/N=C(\C(=O)NC1C(=O)N2C(C(=O)O)=C(CS(=O)(=O)CF)CS[C@H]12)c1csc(N)n1. The van der Waals surface area contributed by atoms with Gasteiger partial charge in [-0.05, 0) is 5.57 Å². The van der Waals surface area contributed by atoms with Crippen molar-refractivity contribution >= 4 is 61.6 Å². The Morgan fingerprint density at radius 1 is 1.52 bits per heavy atom. The zero-order chi connectivity index (χ0) is 22.9. The van der Waals surface area contributed by atoms with Gasteiger partial charge in [-0.3, -0.25) is 14.5 Å². The zero-order valence-corrected chi connectivity index (χ0v) is 18.2. The molecule has 168 valence electrons. The average Bonchev–Trinajstić information content (AvgIpc) is 3.15. The quantitative estimate of drug-likeness (QED) is 0.234. The van der Waals surface area contributed by atoms with Gasteiger partial charge in [0.25, 0.3) is 11.8 Å². The summed E-state index contributed by atoms with van der Waals surface area (Å²) in [5, 5.41) is 16.4. The number of amides is 2. The van der Waals surface area contributed by atoms with E-state index < -0.39 is 56.5 Å². The number of nitrogens with one attached hydrogen (secondary N) is 1. The molecule has 0 aliphatic carbocycles. The fraction of sp³-hybridized carbons (Fsp3) is 0.400. The minimum Gasteiger partial charge on any atom is -0.477 e. The van der Waals surface area contributed by atoms with Crippen molar-refractivity contribution in [1.29, 1.82) is 0 Å². The highest BCUT2D eigenvalue weighted by atomic mass is 32.2. The van der Waals surface area contributed by atoms with Crippen LogP contribution in [0, 0.1) is 0 Å². The smallest absolute Gasteiger partial charge is 0.352 e. The molecule has 3 rings (SSSR count). The molecule has 0 radical (unpaired) electrons. The maximum Gasteiger partial charge on any atom is 0.352 e. The normalized spacial score (nSPS) is 21.4. The van der Waals surface area contributed by atoms with Crippen molar-refractivity contribution in [3.05, 3.63) is 22.3 Å². The number of β-lactam (4-membered cyclic amide) rings is 1. The minimum atomic E-state index is -4.15. The van der Waals surface area contributed by atoms with Crippen LogP contribution >= 0.6 is 23.1 Å². The number of hydrogen-bond acceptors (Lipinski definition) is 11. The van der Waals surface area contributed by atoms with Crippen LogP contribution in [-0.4, -0.2) is 82.9 Å². The summed E-state index contributed by atoms with van der Waals surface area (Å²) in [5.41, 5.74) is 4.85. The second-order valence-corrected chi connectivity index (χ2v) is 10.3. The van der Waals surface area contributed by atoms with E-state index in [-0.39, 0.29) is 27.9 Å². The third kappa shape index (κ3) is 4.49. The number of nitrogens with zero attached hydrogens (tertiary/aromatic N) is 3. The third-order valence-electron chi connectivity index (χ3n) is 4.26. The highest BCUT2D eigenvalue weighted by molar-refractivity contribution is 8.00. The summed E-state index contributed by atoms with van der Waals surface area (Å²) in [5.74, 6) is -3.96. The molecule has 1 saturated heterocycles. The molecule has 1 unspecified atom stereocenters. The van der Waals surface area contributed by atoms with Crippen molar-refractivity contribution in [3.8, 4) is 0 Å². The molecule has 2 aliphatic heterocycles. The Labute approximate surface area is 183 Å². The van der Waals surface area contributed by atoms with Crippen molar-refractivity contribution in [2.75, 3.05) is 30.4 Å². The van der Waals surface area contributed by atoms with Crippen molar-refractivity contribution in [1.82, 2.24) is 15.2 Å². The molecule has 31 heavy (non-hydrogen) atoms. The number of rotatable bonds is 8. The summed E-state index contributed by atoms with van der Waals surface area (Å²) in [4.78, 5) is 46.4. The van der Waals surface area contributed by atoms with E-state index in [2.05, 4.69) is 20.3 Å². The monoisotopic (exact) mass is 493 g/mol. The number of nitrogen functional groups attached to an aromatic ring is 1. The Balaban J connectivity index is 1.81. The number of thiazole rings is 1. The van der Waals surface area contributed by atoms with Gasteiger partial charge in [-0.2, -0.15) is 0 Å². The van der Waals surface area contributed by atoms with E-state index in [0.717, 1.165) is 28.0 Å². The molecule has 16 heteroatoms. The van der Waals surface area contributed by atoms with Gasteiger partial charge in [0.05, 0.1) is 5.75 Å². The molecule has 1 aromatic heterocycles. The molecule has 2 amide bonds. The van der Waals surface area contributed by atoms with Gasteiger partial charge in [0.15, 0.2) is 26.7 Å². The number of fused-ring (bicyclic) bond motifs is 1.